The van der Waals surface area contributed by atoms with Gasteiger partial charge in [0.1, 0.15) is 17.5 Å². The second kappa shape index (κ2) is 8.60. The summed E-state index contributed by atoms with van der Waals surface area (Å²) in [4.78, 5) is 23.2. The van der Waals surface area contributed by atoms with E-state index in [1.54, 1.807) is 23.5 Å². The number of anilines is 1. The third kappa shape index (κ3) is 3.94. The van der Waals surface area contributed by atoms with Gasteiger partial charge >= 0.3 is 6.09 Å². The van der Waals surface area contributed by atoms with Crippen molar-refractivity contribution in [3.05, 3.63) is 47.7 Å². The van der Waals surface area contributed by atoms with Gasteiger partial charge < -0.3 is 14.0 Å². The van der Waals surface area contributed by atoms with Crippen LogP contribution in [-0.4, -0.2) is 39.4 Å². The van der Waals surface area contributed by atoms with Gasteiger partial charge in [0, 0.05) is 18.7 Å². The van der Waals surface area contributed by atoms with E-state index in [-0.39, 0.29) is 17.6 Å². The molecular formula is C25H26FN5O3. The average molecular weight is 464 g/mol. The number of aryl methyl sites for hydroxylation is 1. The van der Waals surface area contributed by atoms with Crippen LogP contribution in [0.1, 0.15) is 43.7 Å². The number of fused-ring (bicyclic) bond motifs is 1. The molecule has 1 aromatic carbocycles. The molecule has 0 unspecified atom stereocenters. The molecule has 1 amide bonds. The summed E-state index contributed by atoms with van der Waals surface area (Å²) < 4.78 is 27.4. The third-order valence-corrected chi connectivity index (χ3v) is 6.80. The van der Waals surface area contributed by atoms with E-state index in [9.17, 15) is 14.4 Å². The Kier molecular flexibility index (Phi) is 5.60. The van der Waals surface area contributed by atoms with Crippen LogP contribution in [-0.2, 0) is 11.3 Å². The van der Waals surface area contributed by atoms with Gasteiger partial charge in [0.15, 0.2) is 0 Å². The minimum atomic E-state index is -0.561. The molecule has 1 aliphatic carbocycles. The summed E-state index contributed by atoms with van der Waals surface area (Å²) in [5.74, 6) is 0.235. The highest BCUT2D eigenvalue weighted by Gasteiger charge is 2.48. The first-order valence-corrected chi connectivity index (χ1v) is 11.6. The minimum absolute atomic E-state index is 0.00839. The number of halogens is 1. The van der Waals surface area contributed by atoms with Crippen molar-refractivity contribution in [2.45, 2.75) is 51.7 Å². The smallest absolute Gasteiger partial charge is 0.415 e. The molecule has 5 rings (SSSR count). The number of nitriles is 1. The topological polar surface area (TPSA) is 93.3 Å². The number of carbonyl (C=O) groups is 1. The number of rotatable bonds is 5. The summed E-state index contributed by atoms with van der Waals surface area (Å²) >= 11 is 0. The number of benzene rings is 1. The summed E-state index contributed by atoms with van der Waals surface area (Å²) in [5.41, 5.74) is 2.36. The lowest BCUT2D eigenvalue weighted by atomic mass is 9.78. The van der Waals surface area contributed by atoms with Crippen LogP contribution in [0.25, 0.3) is 11.0 Å². The number of imidazole rings is 1. The number of aromatic nitrogens is 3. The number of carbonyl (C=O) groups excluding carboxylic acids is 1. The van der Waals surface area contributed by atoms with Gasteiger partial charge in [-0.2, -0.15) is 5.26 Å². The highest BCUT2D eigenvalue weighted by atomic mass is 19.1. The standard InChI is InChI=1S/C25H26FN5O3/c1-3-33-23-7-16(2)22(12-28-23)31-14-25(34-24(31)32)6-4-5-17(10-25)13-30-15-29-20-9-19(26)18(11-27)8-21(20)30/h7-9,12,15,17H,3-6,10,13-14H2,1-2H3/t17-,25-/m0/s1. The number of hydrogen-bond donors (Lipinski definition) is 0. The highest BCUT2D eigenvalue weighted by molar-refractivity contribution is 5.91. The van der Waals surface area contributed by atoms with Gasteiger partial charge in [-0.15, -0.1) is 0 Å². The van der Waals surface area contributed by atoms with Crippen LogP contribution in [0.15, 0.2) is 30.7 Å². The largest absolute Gasteiger partial charge is 0.478 e. The summed E-state index contributed by atoms with van der Waals surface area (Å²) in [6.07, 6.45) is 6.48. The van der Waals surface area contributed by atoms with Crippen molar-refractivity contribution >= 4 is 22.8 Å². The van der Waals surface area contributed by atoms with Gasteiger partial charge in [-0.3, -0.25) is 4.90 Å². The van der Waals surface area contributed by atoms with E-state index < -0.39 is 11.4 Å². The predicted octanol–water partition coefficient (Wildman–Crippen LogP) is 4.74. The summed E-state index contributed by atoms with van der Waals surface area (Å²) in [6.45, 7) is 5.51. The first kappa shape index (κ1) is 22.1. The van der Waals surface area contributed by atoms with E-state index in [1.807, 2.05) is 30.6 Å². The molecule has 0 bridgehead atoms. The van der Waals surface area contributed by atoms with Crippen molar-refractivity contribution < 1.29 is 18.7 Å². The molecule has 1 saturated heterocycles. The fourth-order valence-electron chi connectivity index (χ4n) is 5.26. The maximum atomic E-state index is 14.0. The zero-order chi connectivity index (χ0) is 23.9. The molecule has 8 nitrogen and oxygen atoms in total. The lowest BCUT2D eigenvalue weighted by molar-refractivity contribution is 0.00439. The van der Waals surface area contributed by atoms with Gasteiger partial charge in [-0.05, 0) is 57.1 Å². The molecule has 1 aliphatic heterocycles. The summed E-state index contributed by atoms with van der Waals surface area (Å²) in [7, 11) is 0. The van der Waals surface area contributed by atoms with Crippen molar-refractivity contribution in [2.24, 2.45) is 5.92 Å². The Morgan fingerprint density at radius 2 is 2.21 bits per heavy atom. The van der Waals surface area contributed by atoms with Crippen molar-refractivity contribution in [3.8, 4) is 11.9 Å². The van der Waals surface area contributed by atoms with E-state index in [2.05, 4.69) is 9.97 Å². The monoisotopic (exact) mass is 463 g/mol. The van der Waals surface area contributed by atoms with Crippen molar-refractivity contribution in [2.75, 3.05) is 18.1 Å². The fraction of sp³-hybridized carbons (Fsp3) is 0.440. The van der Waals surface area contributed by atoms with Gasteiger partial charge in [0.25, 0.3) is 0 Å². The normalized spacial score (nSPS) is 22.2. The summed E-state index contributed by atoms with van der Waals surface area (Å²) in [5, 5.41) is 9.19. The van der Waals surface area contributed by atoms with Gasteiger partial charge in [0.05, 0.1) is 48.0 Å². The lowest BCUT2D eigenvalue weighted by Crippen LogP contribution is -2.40. The molecule has 0 N–H and O–H groups in total. The van der Waals surface area contributed by atoms with E-state index in [1.165, 1.54) is 6.07 Å². The van der Waals surface area contributed by atoms with Crippen LogP contribution < -0.4 is 9.64 Å². The molecule has 0 radical (unpaired) electrons. The summed E-state index contributed by atoms with van der Waals surface area (Å²) in [6, 6.07) is 6.59. The third-order valence-electron chi connectivity index (χ3n) is 6.80. The van der Waals surface area contributed by atoms with E-state index in [0.717, 1.165) is 42.5 Å². The van der Waals surface area contributed by atoms with Crippen LogP contribution in [0.4, 0.5) is 14.9 Å². The zero-order valence-corrected chi connectivity index (χ0v) is 19.3. The van der Waals surface area contributed by atoms with Crippen LogP contribution in [0.2, 0.25) is 0 Å². The number of amides is 1. The number of nitrogens with zero attached hydrogens (tertiary/aromatic N) is 5. The molecule has 34 heavy (non-hydrogen) atoms. The van der Waals surface area contributed by atoms with Gasteiger partial charge in [-0.1, -0.05) is 0 Å². The lowest BCUT2D eigenvalue weighted by Gasteiger charge is -2.36. The highest BCUT2D eigenvalue weighted by Crippen LogP contribution is 2.42. The molecule has 1 saturated carbocycles. The van der Waals surface area contributed by atoms with Crippen molar-refractivity contribution in [3.63, 3.8) is 0 Å². The molecular weight excluding hydrogens is 437 g/mol. The quantitative estimate of drug-likeness (QED) is 0.543. The van der Waals surface area contributed by atoms with Crippen molar-refractivity contribution in [1.29, 1.82) is 5.26 Å². The predicted molar refractivity (Wildman–Crippen MR) is 123 cm³/mol. The maximum absolute atomic E-state index is 14.0. The van der Waals surface area contributed by atoms with Crippen LogP contribution in [0.5, 0.6) is 5.88 Å². The number of ether oxygens (including phenoxy) is 2. The van der Waals surface area contributed by atoms with Gasteiger partial charge in [-0.25, -0.2) is 19.2 Å². The Bertz CT molecular complexity index is 1300. The maximum Gasteiger partial charge on any atom is 0.415 e. The molecule has 3 aromatic rings. The van der Waals surface area contributed by atoms with E-state index >= 15 is 0 Å². The second-order valence-corrected chi connectivity index (χ2v) is 9.17. The second-order valence-electron chi connectivity index (χ2n) is 9.17. The van der Waals surface area contributed by atoms with Gasteiger partial charge in [0.2, 0.25) is 5.88 Å². The molecule has 2 fully saturated rings. The molecule has 2 aliphatic rings. The molecule has 9 heteroatoms. The first-order valence-electron chi connectivity index (χ1n) is 11.6. The zero-order valence-electron chi connectivity index (χ0n) is 19.3. The Morgan fingerprint density at radius 3 is 2.97 bits per heavy atom. The number of pyridine rings is 1. The van der Waals surface area contributed by atoms with Crippen molar-refractivity contribution in [1.82, 2.24) is 14.5 Å². The minimum Gasteiger partial charge on any atom is -0.478 e. The molecule has 2 atom stereocenters. The Balaban J connectivity index is 1.34. The molecule has 176 valence electrons. The molecule has 1 spiro atoms. The number of hydrogen-bond acceptors (Lipinski definition) is 6. The Hall–Kier alpha value is -3.67. The van der Waals surface area contributed by atoms with Crippen LogP contribution in [0, 0.1) is 30.0 Å². The van der Waals surface area contributed by atoms with E-state index in [0.29, 0.717) is 31.1 Å². The van der Waals surface area contributed by atoms with Crippen LogP contribution >= 0.6 is 0 Å². The Morgan fingerprint density at radius 1 is 1.35 bits per heavy atom. The SMILES string of the molecule is CCOc1cc(C)c(N2C[C@@]3(CCC[C@H](Cn4cnc5cc(F)c(C#N)cc54)C3)OC2=O)cn1. The van der Waals surface area contributed by atoms with Crippen LogP contribution in [0.3, 0.4) is 0 Å². The molecule has 2 aromatic heterocycles. The Labute approximate surface area is 196 Å². The fourth-order valence-corrected chi connectivity index (χ4v) is 5.26. The molecule has 3 heterocycles. The van der Waals surface area contributed by atoms with E-state index in [4.69, 9.17) is 9.47 Å². The average Bonchev–Trinajstić information content (AvgIpc) is 3.33. The first-order chi connectivity index (χ1) is 16.4.